The van der Waals surface area contributed by atoms with Crippen LogP contribution in [0.1, 0.15) is 23.2 Å². The summed E-state index contributed by atoms with van der Waals surface area (Å²) in [6.45, 7) is 7.39. The first-order chi connectivity index (χ1) is 10.1. The van der Waals surface area contributed by atoms with Crippen molar-refractivity contribution in [2.45, 2.75) is 32.9 Å². The maximum absolute atomic E-state index is 11.7. The summed E-state index contributed by atoms with van der Waals surface area (Å²) in [6.07, 6.45) is 8.05. The molecule has 1 fully saturated rings. The maximum atomic E-state index is 11.7. The Hall–Kier alpha value is -1.58. The highest BCUT2D eigenvalue weighted by Crippen LogP contribution is 2.21. The van der Waals surface area contributed by atoms with E-state index in [0.717, 1.165) is 31.1 Å². The van der Waals surface area contributed by atoms with Crippen molar-refractivity contribution in [3.63, 3.8) is 0 Å². The van der Waals surface area contributed by atoms with Crippen LogP contribution in [0.5, 0.6) is 0 Å². The van der Waals surface area contributed by atoms with Gasteiger partial charge in [0.15, 0.2) is 0 Å². The molecular formula is C15H22N4OS. The fourth-order valence-electron chi connectivity index (χ4n) is 2.64. The number of urea groups is 1. The lowest BCUT2D eigenvalue weighted by atomic mass is 9.94. The number of hydrogen-bond donors (Lipinski definition) is 2. The van der Waals surface area contributed by atoms with Gasteiger partial charge >= 0.3 is 6.03 Å². The van der Waals surface area contributed by atoms with Gasteiger partial charge in [-0.05, 0) is 19.3 Å². The lowest BCUT2D eigenvalue weighted by molar-refractivity contribution is 0.143. The number of aryl methyl sites for hydroxylation is 1. The van der Waals surface area contributed by atoms with Crippen LogP contribution in [0.15, 0.2) is 6.20 Å². The largest absolute Gasteiger partial charge is 0.335 e. The van der Waals surface area contributed by atoms with Crippen molar-refractivity contribution in [1.29, 1.82) is 0 Å². The summed E-state index contributed by atoms with van der Waals surface area (Å²) in [7, 11) is 0. The van der Waals surface area contributed by atoms with Crippen LogP contribution >= 0.6 is 11.3 Å². The smallest absolute Gasteiger partial charge is 0.315 e. The summed E-state index contributed by atoms with van der Waals surface area (Å²) < 4.78 is 0. The minimum absolute atomic E-state index is 0.170. The molecule has 1 aliphatic heterocycles. The number of aromatic nitrogens is 1. The number of carbonyl (C=O) groups excluding carboxylic acids is 1. The predicted molar refractivity (Wildman–Crippen MR) is 85.1 cm³/mol. The van der Waals surface area contributed by atoms with Crippen molar-refractivity contribution in [1.82, 2.24) is 20.5 Å². The highest BCUT2D eigenvalue weighted by molar-refractivity contribution is 7.11. The number of hydrogen-bond acceptors (Lipinski definition) is 4. The normalized spacial score (nSPS) is 22.5. The number of likely N-dealkylation sites (tertiary alicyclic amines) is 1. The van der Waals surface area contributed by atoms with Crippen LogP contribution in [-0.4, -0.2) is 41.6 Å². The number of piperidine rings is 1. The Morgan fingerprint density at radius 1 is 1.67 bits per heavy atom. The molecule has 2 N–H and O–H groups in total. The maximum Gasteiger partial charge on any atom is 0.315 e. The molecule has 1 aliphatic rings. The summed E-state index contributed by atoms with van der Waals surface area (Å²) in [5, 5.41) is 6.77. The summed E-state index contributed by atoms with van der Waals surface area (Å²) in [5.74, 6) is 2.82. The average Bonchev–Trinajstić information content (AvgIpc) is 2.85. The van der Waals surface area contributed by atoms with E-state index in [9.17, 15) is 4.79 Å². The van der Waals surface area contributed by atoms with Crippen LogP contribution in [0.4, 0.5) is 4.79 Å². The molecule has 2 atom stereocenters. The van der Waals surface area contributed by atoms with Crippen LogP contribution in [0.2, 0.25) is 0 Å². The highest BCUT2D eigenvalue weighted by Gasteiger charge is 2.27. The molecule has 5 nitrogen and oxygen atoms in total. The van der Waals surface area contributed by atoms with Gasteiger partial charge in [-0.2, -0.15) is 0 Å². The number of thiazole rings is 1. The van der Waals surface area contributed by atoms with Gasteiger partial charge in [-0.1, -0.05) is 12.8 Å². The van der Waals surface area contributed by atoms with E-state index in [1.54, 1.807) is 11.3 Å². The summed E-state index contributed by atoms with van der Waals surface area (Å²) in [6, 6.07) is 0.0403. The Morgan fingerprint density at radius 3 is 3.10 bits per heavy atom. The summed E-state index contributed by atoms with van der Waals surface area (Å²) in [4.78, 5) is 19.7. The van der Waals surface area contributed by atoms with Crippen molar-refractivity contribution in [2.75, 3.05) is 19.6 Å². The zero-order valence-corrected chi connectivity index (χ0v) is 13.4. The fourth-order valence-corrected chi connectivity index (χ4v) is 3.48. The van der Waals surface area contributed by atoms with Gasteiger partial charge in [-0.15, -0.1) is 17.8 Å². The molecule has 1 aromatic heterocycles. The Morgan fingerprint density at radius 2 is 2.48 bits per heavy atom. The third-order valence-electron chi connectivity index (χ3n) is 3.71. The van der Waals surface area contributed by atoms with Crippen molar-refractivity contribution in [3.05, 3.63) is 16.1 Å². The number of carbonyl (C=O) groups is 1. The second-order valence-electron chi connectivity index (χ2n) is 5.48. The molecule has 114 valence electrons. The average molecular weight is 306 g/mol. The van der Waals surface area contributed by atoms with E-state index in [2.05, 4.69) is 33.4 Å². The monoisotopic (exact) mass is 306 g/mol. The Labute approximate surface area is 130 Å². The van der Waals surface area contributed by atoms with E-state index in [1.807, 2.05) is 13.1 Å². The second-order valence-corrected chi connectivity index (χ2v) is 6.80. The molecule has 2 rings (SSSR count). The SMILES string of the molecule is C#CCNC(=O)N[C@H]1CCN(Cc2cnc(C)s2)C[C@H]1C. The molecule has 2 heterocycles. The molecule has 21 heavy (non-hydrogen) atoms. The molecule has 0 radical (unpaired) electrons. The predicted octanol–water partition coefficient (Wildman–Crippen LogP) is 1.59. The molecule has 0 aliphatic carbocycles. The molecule has 0 bridgehead atoms. The molecule has 6 heteroatoms. The van der Waals surface area contributed by atoms with E-state index < -0.39 is 0 Å². The third-order valence-corrected chi connectivity index (χ3v) is 4.60. The van der Waals surface area contributed by atoms with Crippen LogP contribution in [0.3, 0.4) is 0 Å². The van der Waals surface area contributed by atoms with Gasteiger partial charge in [0.2, 0.25) is 0 Å². The van der Waals surface area contributed by atoms with E-state index in [-0.39, 0.29) is 18.6 Å². The fraction of sp³-hybridized carbons (Fsp3) is 0.600. The van der Waals surface area contributed by atoms with Gasteiger partial charge in [0.1, 0.15) is 0 Å². The van der Waals surface area contributed by atoms with E-state index in [4.69, 9.17) is 6.42 Å². The standard InChI is InChI=1S/C15H22N4OS/c1-4-6-16-15(20)18-14-5-7-19(9-11(14)2)10-13-8-17-12(3)21-13/h1,8,11,14H,5-7,9-10H2,2-3H3,(H2,16,18,20)/t11-,14+/m1/s1. The van der Waals surface area contributed by atoms with Crippen molar-refractivity contribution in [2.24, 2.45) is 5.92 Å². The molecule has 2 amide bonds. The zero-order valence-electron chi connectivity index (χ0n) is 12.6. The van der Waals surface area contributed by atoms with Crippen LogP contribution < -0.4 is 10.6 Å². The molecule has 0 saturated carbocycles. The van der Waals surface area contributed by atoms with E-state index in [0.29, 0.717) is 5.92 Å². The molecule has 0 aromatic carbocycles. The minimum atomic E-state index is -0.170. The number of nitrogens with zero attached hydrogens (tertiary/aromatic N) is 2. The lowest BCUT2D eigenvalue weighted by Gasteiger charge is -2.37. The lowest BCUT2D eigenvalue weighted by Crippen LogP contribution is -2.52. The Balaban J connectivity index is 1.79. The number of nitrogens with one attached hydrogen (secondary N) is 2. The highest BCUT2D eigenvalue weighted by atomic mass is 32.1. The van der Waals surface area contributed by atoms with Crippen molar-refractivity contribution >= 4 is 17.4 Å². The van der Waals surface area contributed by atoms with Crippen LogP contribution in [-0.2, 0) is 6.54 Å². The van der Waals surface area contributed by atoms with E-state index in [1.165, 1.54) is 4.88 Å². The van der Waals surface area contributed by atoms with Crippen molar-refractivity contribution < 1.29 is 4.79 Å². The summed E-state index contributed by atoms with van der Waals surface area (Å²) >= 11 is 1.75. The van der Waals surface area contributed by atoms with Gasteiger partial charge in [0, 0.05) is 36.8 Å². The number of amides is 2. The Kier molecular flexibility index (Phi) is 5.59. The molecule has 1 aromatic rings. The van der Waals surface area contributed by atoms with Gasteiger partial charge in [0.25, 0.3) is 0 Å². The van der Waals surface area contributed by atoms with Crippen molar-refractivity contribution in [3.8, 4) is 12.3 Å². The molecule has 1 saturated heterocycles. The minimum Gasteiger partial charge on any atom is -0.335 e. The zero-order chi connectivity index (χ0) is 15.2. The van der Waals surface area contributed by atoms with E-state index >= 15 is 0 Å². The van der Waals surface area contributed by atoms with Crippen LogP contribution in [0, 0.1) is 25.2 Å². The number of terminal acetylenes is 1. The van der Waals surface area contributed by atoms with Crippen LogP contribution in [0.25, 0.3) is 0 Å². The first-order valence-corrected chi connectivity index (χ1v) is 8.01. The summed E-state index contributed by atoms with van der Waals surface area (Å²) in [5.41, 5.74) is 0. The van der Waals surface area contributed by atoms with Gasteiger partial charge in [-0.3, -0.25) is 4.90 Å². The topological polar surface area (TPSA) is 57.3 Å². The number of rotatable bonds is 4. The van der Waals surface area contributed by atoms with Gasteiger partial charge in [0.05, 0.1) is 11.6 Å². The molecule has 0 unspecified atom stereocenters. The quantitative estimate of drug-likeness (QED) is 0.831. The van der Waals surface area contributed by atoms with Gasteiger partial charge in [-0.25, -0.2) is 9.78 Å². The first kappa shape index (κ1) is 15.8. The third kappa shape index (κ3) is 4.73. The molecular weight excluding hydrogens is 284 g/mol. The molecule has 0 spiro atoms. The van der Waals surface area contributed by atoms with Gasteiger partial charge < -0.3 is 10.6 Å². The Bertz CT molecular complexity index is 522. The first-order valence-electron chi connectivity index (χ1n) is 7.20. The second kappa shape index (κ2) is 7.43.